The Kier molecular flexibility index (Phi) is 5.82. The van der Waals surface area contributed by atoms with Crippen LogP contribution in [0, 0.1) is 5.92 Å². The highest BCUT2D eigenvalue weighted by molar-refractivity contribution is 9.10. The molecule has 0 heterocycles. The molecule has 0 aliphatic carbocycles. The first kappa shape index (κ1) is 16.0. The molecule has 4 nitrogen and oxygen atoms in total. The van der Waals surface area contributed by atoms with Gasteiger partial charge in [0.15, 0.2) is 0 Å². The third-order valence-electron chi connectivity index (χ3n) is 3.00. The van der Waals surface area contributed by atoms with Crippen LogP contribution in [-0.2, 0) is 4.79 Å². The van der Waals surface area contributed by atoms with E-state index in [2.05, 4.69) is 21.2 Å². The lowest BCUT2D eigenvalue weighted by atomic mass is 9.98. The molecule has 2 atom stereocenters. The number of carbonyl (C=O) groups is 2. The van der Waals surface area contributed by atoms with E-state index in [1.165, 1.54) is 0 Å². The fourth-order valence-corrected chi connectivity index (χ4v) is 2.21. The summed E-state index contributed by atoms with van der Waals surface area (Å²) in [6.07, 6.45) is 0.736. The Bertz CT molecular complexity index is 494. The van der Waals surface area contributed by atoms with E-state index in [4.69, 9.17) is 17.3 Å². The van der Waals surface area contributed by atoms with Gasteiger partial charge in [0.1, 0.15) is 6.04 Å². The third kappa shape index (κ3) is 3.94. The number of benzene rings is 1. The molecule has 0 spiro atoms. The molecule has 0 bridgehead atoms. The summed E-state index contributed by atoms with van der Waals surface area (Å²) in [6.45, 7) is 3.79. The molecule has 0 fully saturated rings. The molecular formula is C13H16BrClN2O2. The molecule has 0 unspecified atom stereocenters. The van der Waals surface area contributed by atoms with Gasteiger partial charge in [-0.2, -0.15) is 0 Å². The number of nitrogens with one attached hydrogen (secondary N) is 1. The van der Waals surface area contributed by atoms with Crippen LogP contribution in [0.25, 0.3) is 0 Å². The van der Waals surface area contributed by atoms with E-state index in [9.17, 15) is 9.59 Å². The van der Waals surface area contributed by atoms with Gasteiger partial charge in [0.25, 0.3) is 5.91 Å². The Balaban J connectivity index is 2.94. The van der Waals surface area contributed by atoms with Crippen molar-refractivity contribution in [3.8, 4) is 0 Å². The Morgan fingerprint density at radius 1 is 1.47 bits per heavy atom. The van der Waals surface area contributed by atoms with Gasteiger partial charge in [-0.25, -0.2) is 0 Å². The number of halogens is 2. The van der Waals surface area contributed by atoms with Crippen molar-refractivity contribution in [1.29, 1.82) is 0 Å². The molecule has 1 aromatic rings. The summed E-state index contributed by atoms with van der Waals surface area (Å²) in [5.41, 5.74) is 5.62. The molecule has 0 aliphatic heterocycles. The van der Waals surface area contributed by atoms with Crippen LogP contribution in [0.1, 0.15) is 30.6 Å². The lowest BCUT2D eigenvalue weighted by Crippen LogP contribution is -2.48. The maximum Gasteiger partial charge on any atom is 0.253 e. The molecule has 1 rings (SSSR count). The molecule has 0 aromatic heterocycles. The Morgan fingerprint density at radius 3 is 2.63 bits per heavy atom. The van der Waals surface area contributed by atoms with E-state index in [1.54, 1.807) is 18.2 Å². The van der Waals surface area contributed by atoms with Gasteiger partial charge < -0.3 is 11.1 Å². The number of hydrogen-bond donors (Lipinski definition) is 2. The van der Waals surface area contributed by atoms with Crippen LogP contribution in [0.2, 0.25) is 5.02 Å². The SMILES string of the molecule is CC[C@@H](C)[C@@H](NC(=O)c1cccc(Br)c1Cl)C(N)=O. The quantitative estimate of drug-likeness (QED) is 0.859. The minimum atomic E-state index is -0.701. The first-order valence-electron chi connectivity index (χ1n) is 5.92. The van der Waals surface area contributed by atoms with E-state index in [0.29, 0.717) is 15.1 Å². The van der Waals surface area contributed by atoms with E-state index < -0.39 is 17.9 Å². The first-order valence-corrected chi connectivity index (χ1v) is 7.09. The van der Waals surface area contributed by atoms with Crippen LogP contribution in [0.4, 0.5) is 0 Å². The fourth-order valence-electron chi connectivity index (χ4n) is 1.63. The lowest BCUT2D eigenvalue weighted by Gasteiger charge is -2.21. The highest BCUT2D eigenvalue weighted by Crippen LogP contribution is 2.26. The van der Waals surface area contributed by atoms with Crippen LogP contribution < -0.4 is 11.1 Å². The highest BCUT2D eigenvalue weighted by atomic mass is 79.9. The summed E-state index contributed by atoms with van der Waals surface area (Å²) >= 11 is 9.29. The van der Waals surface area contributed by atoms with Gasteiger partial charge in [0, 0.05) is 4.47 Å². The largest absolute Gasteiger partial charge is 0.368 e. The van der Waals surface area contributed by atoms with E-state index in [0.717, 1.165) is 6.42 Å². The second kappa shape index (κ2) is 6.91. The summed E-state index contributed by atoms with van der Waals surface area (Å²) in [5.74, 6) is -0.989. The van der Waals surface area contributed by atoms with E-state index in [-0.39, 0.29) is 5.92 Å². The molecule has 1 aromatic carbocycles. The van der Waals surface area contributed by atoms with Gasteiger partial charge in [0.05, 0.1) is 10.6 Å². The number of primary amides is 1. The van der Waals surface area contributed by atoms with E-state index >= 15 is 0 Å². The lowest BCUT2D eigenvalue weighted by molar-refractivity contribution is -0.120. The van der Waals surface area contributed by atoms with Crippen LogP contribution in [0.15, 0.2) is 22.7 Å². The highest BCUT2D eigenvalue weighted by Gasteiger charge is 2.25. The molecule has 6 heteroatoms. The van der Waals surface area contributed by atoms with Crippen molar-refractivity contribution in [3.63, 3.8) is 0 Å². The van der Waals surface area contributed by atoms with Crippen molar-refractivity contribution in [1.82, 2.24) is 5.32 Å². The molecule has 0 aliphatic rings. The number of rotatable bonds is 5. The molecular weight excluding hydrogens is 332 g/mol. The van der Waals surface area contributed by atoms with Crippen LogP contribution in [-0.4, -0.2) is 17.9 Å². The molecule has 19 heavy (non-hydrogen) atoms. The van der Waals surface area contributed by atoms with Crippen molar-refractivity contribution in [2.45, 2.75) is 26.3 Å². The van der Waals surface area contributed by atoms with Gasteiger partial charge in [0.2, 0.25) is 5.91 Å². The van der Waals surface area contributed by atoms with Crippen LogP contribution in [0.5, 0.6) is 0 Å². The molecule has 0 saturated heterocycles. The van der Waals surface area contributed by atoms with Crippen molar-refractivity contribution in [2.75, 3.05) is 0 Å². The van der Waals surface area contributed by atoms with Gasteiger partial charge in [-0.3, -0.25) is 9.59 Å². The zero-order valence-electron chi connectivity index (χ0n) is 10.7. The number of hydrogen-bond acceptors (Lipinski definition) is 2. The predicted octanol–water partition coefficient (Wildman–Crippen LogP) is 2.73. The second-order valence-corrected chi connectivity index (χ2v) is 5.57. The number of carbonyl (C=O) groups excluding carboxylic acids is 2. The van der Waals surface area contributed by atoms with Crippen molar-refractivity contribution in [2.24, 2.45) is 11.7 Å². The van der Waals surface area contributed by atoms with Crippen LogP contribution in [0.3, 0.4) is 0 Å². The molecule has 3 N–H and O–H groups in total. The summed E-state index contributed by atoms with van der Waals surface area (Å²) in [5, 5.41) is 2.95. The van der Waals surface area contributed by atoms with Crippen LogP contribution >= 0.6 is 27.5 Å². The van der Waals surface area contributed by atoms with Crippen molar-refractivity contribution < 1.29 is 9.59 Å². The second-order valence-electron chi connectivity index (χ2n) is 4.34. The summed E-state index contributed by atoms with van der Waals surface area (Å²) in [6, 6.07) is 4.33. The zero-order valence-corrected chi connectivity index (χ0v) is 13.1. The smallest absolute Gasteiger partial charge is 0.253 e. The zero-order chi connectivity index (χ0) is 14.6. The van der Waals surface area contributed by atoms with Gasteiger partial charge >= 0.3 is 0 Å². The minimum Gasteiger partial charge on any atom is -0.368 e. The maximum atomic E-state index is 12.1. The van der Waals surface area contributed by atoms with Gasteiger partial charge in [-0.15, -0.1) is 0 Å². The van der Waals surface area contributed by atoms with Crippen molar-refractivity contribution >= 4 is 39.3 Å². The fraction of sp³-hybridized carbons (Fsp3) is 0.385. The molecule has 2 amide bonds. The maximum absolute atomic E-state index is 12.1. The number of nitrogens with two attached hydrogens (primary N) is 1. The standard InChI is InChI=1S/C13H16BrClN2O2/c1-3-7(2)11(12(16)18)17-13(19)8-5-4-6-9(14)10(8)15/h4-7,11H,3H2,1-2H3,(H2,16,18)(H,17,19)/t7-,11-/m1/s1. The Morgan fingerprint density at radius 2 is 2.11 bits per heavy atom. The monoisotopic (exact) mass is 346 g/mol. The molecule has 104 valence electrons. The Labute approximate surface area is 125 Å². The predicted molar refractivity (Wildman–Crippen MR) is 79.1 cm³/mol. The van der Waals surface area contributed by atoms with E-state index in [1.807, 2.05) is 13.8 Å². The summed E-state index contributed by atoms with van der Waals surface area (Å²) in [7, 11) is 0. The molecule has 0 saturated carbocycles. The number of amides is 2. The summed E-state index contributed by atoms with van der Waals surface area (Å²) in [4.78, 5) is 23.5. The average Bonchev–Trinajstić information content (AvgIpc) is 2.37. The van der Waals surface area contributed by atoms with Crippen molar-refractivity contribution in [3.05, 3.63) is 33.3 Å². The van der Waals surface area contributed by atoms with Gasteiger partial charge in [-0.05, 0) is 34.0 Å². The average molecular weight is 348 g/mol. The Hall–Kier alpha value is -1.07. The first-order chi connectivity index (χ1) is 8.88. The topological polar surface area (TPSA) is 72.2 Å². The molecule has 0 radical (unpaired) electrons. The van der Waals surface area contributed by atoms with Gasteiger partial charge in [-0.1, -0.05) is 37.9 Å². The summed E-state index contributed by atoms with van der Waals surface area (Å²) < 4.78 is 0.626. The third-order valence-corrected chi connectivity index (χ3v) is 4.30. The minimum absolute atomic E-state index is 0.0348. The normalized spacial score (nSPS) is 13.7.